The first kappa shape index (κ1) is 15.1. The first-order valence-corrected chi connectivity index (χ1v) is 8.24. The highest BCUT2D eigenvalue weighted by Gasteiger charge is 2.22. The summed E-state index contributed by atoms with van der Waals surface area (Å²) in [5.74, 6) is 0. The van der Waals surface area contributed by atoms with E-state index in [1.165, 1.54) is 16.8 Å². The van der Waals surface area contributed by atoms with Crippen LogP contribution in [0.1, 0.15) is 25.0 Å². The first-order valence-electron chi connectivity index (χ1n) is 8.24. The van der Waals surface area contributed by atoms with Gasteiger partial charge in [0.2, 0.25) is 0 Å². The number of aryl methyl sites for hydroxylation is 2. The van der Waals surface area contributed by atoms with E-state index >= 15 is 0 Å². The molecule has 1 fully saturated rings. The molecule has 2 atom stereocenters. The molecule has 2 aromatic rings. The van der Waals surface area contributed by atoms with Gasteiger partial charge in [0.15, 0.2) is 0 Å². The van der Waals surface area contributed by atoms with Gasteiger partial charge in [-0.2, -0.15) is 0 Å². The van der Waals surface area contributed by atoms with Crippen LogP contribution in [0.15, 0.2) is 54.6 Å². The maximum atomic E-state index is 5.81. The molecule has 0 amide bonds. The third-order valence-electron chi connectivity index (χ3n) is 4.27. The fourth-order valence-electron chi connectivity index (χ4n) is 3.20. The Labute approximate surface area is 133 Å². The van der Waals surface area contributed by atoms with Crippen LogP contribution in [0.2, 0.25) is 0 Å². The molecule has 2 nitrogen and oxygen atoms in total. The van der Waals surface area contributed by atoms with Gasteiger partial charge in [0, 0.05) is 18.8 Å². The fraction of sp³-hybridized carbons (Fsp3) is 0.400. The van der Waals surface area contributed by atoms with Gasteiger partial charge in [0.05, 0.1) is 12.2 Å². The van der Waals surface area contributed by atoms with Crippen molar-refractivity contribution in [3.05, 3.63) is 65.7 Å². The lowest BCUT2D eigenvalue weighted by molar-refractivity contribution is -0.00521. The first-order chi connectivity index (χ1) is 10.7. The average molecular weight is 295 g/mol. The van der Waals surface area contributed by atoms with Gasteiger partial charge in [-0.1, -0.05) is 42.5 Å². The van der Waals surface area contributed by atoms with Gasteiger partial charge >= 0.3 is 0 Å². The largest absolute Gasteiger partial charge is 0.372 e. The monoisotopic (exact) mass is 295 g/mol. The summed E-state index contributed by atoms with van der Waals surface area (Å²) in [6, 6.07) is 19.7. The molecule has 1 aliphatic heterocycles. The summed E-state index contributed by atoms with van der Waals surface area (Å²) in [6.45, 7) is 6.26. The van der Waals surface area contributed by atoms with Crippen LogP contribution in [-0.4, -0.2) is 25.3 Å². The van der Waals surface area contributed by atoms with E-state index in [0.717, 1.165) is 25.9 Å². The lowest BCUT2D eigenvalue weighted by Gasteiger charge is -2.36. The normalized spacial score (nSPS) is 21.8. The molecule has 1 aliphatic rings. The Morgan fingerprint density at radius 3 is 1.95 bits per heavy atom. The summed E-state index contributed by atoms with van der Waals surface area (Å²) in [7, 11) is 0. The predicted molar refractivity (Wildman–Crippen MR) is 92.5 cm³/mol. The van der Waals surface area contributed by atoms with Crippen LogP contribution < -0.4 is 4.90 Å². The lowest BCUT2D eigenvalue weighted by Crippen LogP contribution is -2.45. The van der Waals surface area contributed by atoms with Crippen molar-refractivity contribution in [3.8, 4) is 0 Å². The molecule has 0 N–H and O–H groups in total. The minimum Gasteiger partial charge on any atom is -0.372 e. The highest BCUT2D eigenvalue weighted by molar-refractivity contribution is 5.48. The van der Waals surface area contributed by atoms with Gasteiger partial charge < -0.3 is 9.64 Å². The standard InChI is InChI=1S/C20H25NO/c1-16-14-21(15-17(2)22-16)20-12-10-19(11-13-20)9-8-18-6-4-3-5-7-18/h3-7,10-13,16-17H,8-9,14-15H2,1-2H3/t16-,17-/m1/s1. The molecule has 0 saturated carbocycles. The second-order valence-corrected chi connectivity index (χ2v) is 6.31. The van der Waals surface area contributed by atoms with Crippen LogP contribution in [0, 0.1) is 0 Å². The van der Waals surface area contributed by atoms with Crippen molar-refractivity contribution in [3.63, 3.8) is 0 Å². The average Bonchev–Trinajstić information content (AvgIpc) is 2.53. The van der Waals surface area contributed by atoms with Gasteiger partial charge in [0.25, 0.3) is 0 Å². The molecule has 0 radical (unpaired) electrons. The van der Waals surface area contributed by atoms with Crippen molar-refractivity contribution in [1.82, 2.24) is 0 Å². The van der Waals surface area contributed by atoms with Crippen molar-refractivity contribution in [2.75, 3.05) is 18.0 Å². The molecule has 0 aromatic heterocycles. The van der Waals surface area contributed by atoms with Crippen molar-refractivity contribution in [1.29, 1.82) is 0 Å². The Kier molecular flexibility index (Phi) is 4.79. The number of ether oxygens (including phenoxy) is 1. The molecule has 2 heteroatoms. The van der Waals surface area contributed by atoms with Gasteiger partial charge in [-0.25, -0.2) is 0 Å². The Bertz CT molecular complexity index is 568. The Balaban J connectivity index is 1.60. The van der Waals surface area contributed by atoms with E-state index < -0.39 is 0 Å². The fourth-order valence-corrected chi connectivity index (χ4v) is 3.20. The van der Waals surface area contributed by atoms with Gasteiger partial charge in [-0.3, -0.25) is 0 Å². The van der Waals surface area contributed by atoms with Crippen LogP contribution >= 0.6 is 0 Å². The SMILES string of the molecule is C[C@@H]1CN(c2ccc(CCc3ccccc3)cc2)C[C@@H](C)O1. The molecule has 0 aliphatic carbocycles. The zero-order chi connectivity index (χ0) is 15.4. The molecule has 0 unspecified atom stereocenters. The second-order valence-electron chi connectivity index (χ2n) is 6.31. The van der Waals surface area contributed by atoms with Crippen LogP contribution in [0.3, 0.4) is 0 Å². The molecule has 22 heavy (non-hydrogen) atoms. The number of benzene rings is 2. The highest BCUT2D eigenvalue weighted by atomic mass is 16.5. The van der Waals surface area contributed by atoms with Crippen LogP contribution in [-0.2, 0) is 17.6 Å². The number of morpholine rings is 1. The number of rotatable bonds is 4. The third kappa shape index (κ3) is 3.89. The summed E-state index contributed by atoms with van der Waals surface area (Å²) in [5, 5.41) is 0. The molecule has 1 saturated heterocycles. The third-order valence-corrected chi connectivity index (χ3v) is 4.27. The molecule has 3 rings (SSSR count). The van der Waals surface area contributed by atoms with Crippen LogP contribution in [0.5, 0.6) is 0 Å². The van der Waals surface area contributed by atoms with Gasteiger partial charge in [-0.15, -0.1) is 0 Å². The minimum absolute atomic E-state index is 0.307. The van der Waals surface area contributed by atoms with Crippen molar-refractivity contribution in [2.24, 2.45) is 0 Å². The molecule has 1 heterocycles. The molecular formula is C20H25NO. The summed E-state index contributed by atoms with van der Waals surface area (Å²) in [5.41, 5.74) is 4.12. The molecule has 0 bridgehead atoms. The number of nitrogens with zero attached hydrogens (tertiary/aromatic N) is 1. The number of hydrogen-bond acceptors (Lipinski definition) is 2. The zero-order valence-corrected chi connectivity index (χ0v) is 13.5. The highest BCUT2D eigenvalue weighted by Crippen LogP contribution is 2.21. The molecule has 116 valence electrons. The van der Waals surface area contributed by atoms with Gasteiger partial charge in [0.1, 0.15) is 0 Å². The van der Waals surface area contributed by atoms with E-state index in [0.29, 0.717) is 12.2 Å². The summed E-state index contributed by atoms with van der Waals surface area (Å²) >= 11 is 0. The quantitative estimate of drug-likeness (QED) is 0.842. The number of anilines is 1. The Morgan fingerprint density at radius 2 is 1.36 bits per heavy atom. The zero-order valence-electron chi connectivity index (χ0n) is 13.5. The van der Waals surface area contributed by atoms with Crippen LogP contribution in [0.25, 0.3) is 0 Å². The molecule has 0 spiro atoms. The predicted octanol–water partition coefficient (Wildman–Crippen LogP) is 4.09. The second kappa shape index (κ2) is 6.97. The number of hydrogen-bond donors (Lipinski definition) is 0. The maximum Gasteiger partial charge on any atom is 0.0726 e. The van der Waals surface area contributed by atoms with E-state index in [1.54, 1.807) is 0 Å². The molecular weight excluding hydrogens is 270 g/mol. The maximum absolute atomic E-state index is 5.81. The van der Waals surface area contributed by atoms with E-state index in [9.17, 15) is 0 Å². The smallest absolute Gasteiger partial charge is 0.0726 e. The Hall–Kier alpha value is -1.80. The van der Waals surface area contributed by atoms with E-state index in [2.05, 4.69) is 73.3 Å². The minimum atomic E-state index is 0.307. The lowest BCUT2D eigenvalue weighted by atomic mass is 10.0. The molecule has 2 aromatic carbocycles. The van der Waals surface area contributed by atoms with Crippen molar-refractivity contribution >= 4 is 5.69 Å². The van der Waals surface area contributed by atoms with Crippen molar-refractivity contribution < 1.29 is 4.74 Å². The van der Waals surface area contributed by atoms with E-state index in [-0.39, 0.29) is 0 Å². The summed E-state index contributed by atoms with van der Waals surface area (Å²) in [4.78, 5) is 2.43. The topological polar surface area (TPSA) is 12.5 Å². The Morgan fingerprint density at radius 1 is 0.818 bits per heavy atom. The van der Waals surface area contributed by atoms with Crippen LogP contribution in [0.4, 0.5) is 5.69 Å². The van der Waals surface area contributed by atoms with Crippen molar-refractivity contribution in [2.45, 2.75) is 38.9 Å². The van der Waals surface area contributed by atoms with Gasteiger partial charge in [-0.05, 0) is 49.9 Å². The van der Waals surface area contributed by atoms with E-state index in [1.807, 2.05) is 0 Å². The van der Waals surface area contributed by atoms with E-state index in [4.69, 9.17) is 4.74 Å². The summed E-state index contributed by atoms with van der Waals surface area (Å²) < 4.78 is 5.81. The summed E-state index contributed by atoms with van der Waals surface area (Å²) in [6.07, 6.45) is 2.81.